The molecule has 54 valence electrons. The molecule has 9 heavy (non-hydrogen) atoms. The van der Waals surface area contributed by atoms with Crippen molar-refractivity contribution in [1.82, 2.24) is 0 Å². The van der Waals surface area contributed by atoms with E-state index in [9.17, 15) is 0 Å². The Morgan fingerprint density at radius 2 is 2.11 bits per heavy atom. The summed E-state index contributed by atoms with van der Waals surface area (Å²) in [6, 6.07) is 0. The smallest absolute Gasteiger partial charge is 0.210 e. The van der Waals surface area contributed by atoms with E-state index in [1.165, 1.54) is 7.11 Å². The Morgan fingerprint density at radius 1 is 1.56 bits per heavy atom. The summed E-state index contributed by atoms with van der Waals surface area (Å²) in [5, 5.41) is 7.15. The van der Waals surface area contributed by atoms with Crippen molar-refractivity contribution in [2.75, 3.05) is 14.2 Å². The zero-order valence-electron chi connectivity index (χ0n) is 6.10. The highest BCUT2D eigenvalue weighted by Gasteiger charge is 2.09. The molecule has 0 rings (SSSR count). The van der Waals surface area contributed by atoms with Crippen LogP contribution in [0.1, 0.15) is 13.3 Å². The lowest BCUT2D eigenvalue weighted by atomic mass is 10.3. The molecule has 3 heteroatoms. The predicted octanol–water partition coefficient (Wildman–Crippen LogP) is 1.04. The SMILES string of the molecule is CCC(OC)C(=N)OC. The maximum Gasteiger partial charge on any atom is 0.210 e. The van der Waals surface area contributed by atoms with Crippen molar-refractivity contribution in [3.8, 4) is 0 Å². The van der Waals surface area contributed by atoms with Gasteiger partial charge in [-0.15, -0.1) is 0 Å². The maximum atomic E-state index is 7.15. The summed E-state index contributed by atoms with van der Waals surface area (Å²) in [6.07, 6.45) is 0.610. The van der Waals surface area contributed by atoms with Crippen molar-refractivity contribution in [2.45, 2.75) is 19.4 Å². The molecular formula is C6H13NO2. The van der Waals surface area contributed by atoms with Crippen molar-refractivity contribution in [2.24, 2.45) is 0 Å². The molecule has 1 N–H and O–H groups in total. The second-order valence-electron chi connectivity index (χ2n) is 1.70. The van der Waals surface area contributed by atoms with Crippen molar-refractivity contribution < 1.29 is 9.47 Å². The summed E-state index contributed by atoms with van der Waals surface area (Å²) < 4.78 is 9.56. The number of methoxy groups -OCH3 is 2. The molecule has 0 aromatic carbocycles. The molecule has 0 aromatic heterocycles. The Kier molecular flexibility index (Phi) is 4.05. The fraction of sp³-hybridized carbons (Fsp3) is 0.833. The zero-order chi connectivity index (χ0) is 7.28. The van der Waals surface area contributed by atoms with E-state index < -0.39 is 0 Å². The van der Waals surface area contributed by atoms with Crippen molar-refractivity contribution >= 4 is 5.90 Å². The molecule has 0 aliphatic heterocycles. The predicted molar refractivity (Wildman–Crippen MR) is 35.8 cm³/mol. The van der Waals surface area contributed by atoms with Gasteiger partial charge in [0.1, 0.15) is 6.10 Å². The van der Waals surface area contributed by atoms with Gasteiger partial charge in [-0.3, -0.25) is 5.41 Å². The molecule has 0 fully saturated rings. The second kappa shape index (κ2) is 4.32. The van der Waals surface area contributed by atoms with Crippen molar-refractivity contribution in [3.63, 3.8) is 0 Å². The van der Waals surface area contributed by atoms with Crippen LogP contribution >= 0.6 is 0 Å². The van der Waals surface area contributed by atoms with Gasteiger partial charge < -0.3 is 9.47 Å². The van der Waals surface area contributed by atoms with Gasteiger partial charge >= 0.3 is 0 Å². The molecule has 0 saturated carbocycles. The van der Waals surface area contributed by atoms with Crippen LogP contribution in [0.25, 0.3) is 0 Å². The second-order valence-corrected chi connectivity index (χ2v) is 1.70. The molecular weight excluding hydrogens is 118 g/mol. The van der Waals surface area contributed by atoms with Crippen LogP contribution in [0.5, 0.6) is 0 Å². The zero-order valence-corrected chi connectivity index (χ0v) is 6.10. The highest BCUT2D eigenvalue weighted by molar-refractivity contribution is 5.77. The summed E-state index contributed by atoms with van der Waals surface area (Å²) in [7, 11) is 3.05. The third kappa shape index (κ3) is 2.46. The van der Waals surface area contributed by atoms with Gasteiger partial charge in [0, 0.05) is 7.11 Å². The molecule has 0 heterocycles. The third-order valence-corrected chi connectivity index (χ3v) is 1.17. The summed E-state index contributed by atoms with van der Waals surface area (Å²) in [5.41, 5.74) is 0. The van der Waals surface area contributed by atoms with Gasteiger partial charge in [0.05, 0.1) is 7.11 Å². The molecule has 0 saturated heterocycles. The number of ether oxygens (including phenoxy) is 2. The average Bonchev–Trinajstić information content (AvgIpc) is 1.90. The van der Waals surface area contributed by atoms with E-state index in [1.54, 1.807) is 7.11 Å². The third-order valence-electron chi connectivity index (χ3n) is 1.17. The summed E-state index contributed by atoms with van der Waals surface area (Å²) in [5.74, 6) is 0.194. The van der Waals surface area contributed by atoms with Crippen LogP contribution < -0.4 is 0 Å². The first-order chi connectivity index (χ1) is 4.26. The van der Waals surface area contributed by atoms with Gasteiger partial charge in [-0.2, -0.15) is 0 Å². The van der Waals surface area contributed by atoms with Crippen molar-refractivity contribution in [3.05, 3.63) is 0 Å². The quantitative estimate of drug-likeness (QED) is 0.459. The minimum atomic E-state index is -0.171. The van der Waals surface area contributed by atoms with Crippen molar-refractivity contribution in [1.29, 1.82) is 5.41 Å². The normalized spacial score (nSPS) is 12.8. The number of hydrogen-bond acceptors (Lipinski definition) is 3. The van der Waals surface area contributed by atoms with E-state index in [0.717, 1.165) is 6.42 Å². The average molecular weight is 131 g/mol. The highest BCUT2D eigenvalue weighted by Crippen LogP contribution is 1.97. The van der Waals surface area contributed by atoms with Crippen LogP contribution in [0.3, 0.4) is 0 Å². The van der Waals surface area contributed by atoms with Gasteiger partial charge in [-0.25, -0.2) is 0 Å². The summed E-state index contributed by atoms with van der Waals surface area (Å²) in [4.78, 5) is 0. The van der Waals surface area contributed by atoms with E-state index in [4.69, 9.17) is 10.1 Å². The fourth-order valence-corrected chi connectivity index (χ4v) is 0.591. The monoisotopic (exact) mass is 131 g/mol. The Hall–Kier alpha value is -0.570. The van der Waals surface area contributed by atoms with Crippen LogP contribution in [0.4, 0.5) is 0 Å². The highest BCUT2D eigenvalue weighted by atomic mass is 16.5. The van der Waals surface area contributed by atoms with Crippen LogP contribution in [0.15, 0.2) is 0 Å². The molecule has 0 bridgehead atoms. The molecule has 0 aromatic rings. The Balaban J connectivity index is 3.64. The van der Waals surface area contributed by atoms with E-state index in [1.807, 2.05) is 6.92 Å². The minimum Gasteiger partial charge on any atom is -0.483 e. The number of hydrogen-bond donors (Lipinski definition) is 1. The number of nitrogens with one attached hydrogen (secondary N) is 1. The Bertz CT molecular complexity index is 89.1. The topological polar surface area (TPSA) is 42.3 Å². The largest absolute Gasteiger partial charge is 0.483 e. The van der Waals surface area contributed by atoms with Crippen LogP contribution in [0.2, 0.25) is 0 Å². The minimum absolute atomic E-state index is 0.171. The lowest BCUT2D eigenvalue weighted by Crippen LogP contribution is -2.22. The molecule has 0 aliphatic rings. The van der Waals surface area contributed by atoms with E-state index >= 15 is 0 Å². The van der Waals surface area contributed by atoms with Gasteiger partial charge in [0.25, 0.3) is 0 Å². The van der Waals surface area contributed by atoms with Gasteiger partial charge in [-0.05, 0) is 6.42 Å². The molecule has 0 amide bonds. The van der Waals surface area contributed by atoms with E-state index in [0.29, 0.717) is 0 Å². The van der Waals surface area contributed by atoms with Gasteiger partial charge in [0.15, 0.2) is 0 Å². The molecule has 0 spiro atoms. The lowest BCUT2D eigenvalue weighted by molar-refractivity contribution is 0.129. The standard InChI is InChI=1S/C6H13NO2/c1-4-5(8-2)6(7)9-3/h5,7H,4H2,1-3H3. The summed E-state index contributed by atoms with van der Waals surface area (Å²) in [6.45, 7) is 1.95. The van der Waals surface area contributed by atoms with Gasteiger partial charge in [-0.1, -0.05) is 6.92 Å². The molecule has 1 unspecified atom stereocenters. The first-order valence-electron chi connectivity index (χ1n) is 2.91. The van der Waals surface area contributed by atoms with Crippen LogP contribution in [0, 0.1) is 5.41 Å². The fourth-order valence-electron chi connectivity index (χ4n) is 0.591. The number of rotatable bonds is 3. The molecule has 1 atom stereocenters. The van der Waals surface area contributed by atoms with Crippen LogP contribution in [-0.4, -0.2) is 26.2 Å². The van der Waals surface area contributed by atoms with Gasteiger partial charge in [0.2, 0.25) is 5.90 Å². The van der Waals surface area contributed by atoms with E-state index in [2.05, 4.69) is 4.74 Å². The summed E-state index contributed by atoms with van der Waals surface area (Å²) >= 11 is 0. The molecule has 0 radical (unpaired) electrons. The Labute approximate surface area is 55.5 Å². The molecule has 3 nitrogen and oxygen atoms in total. The first-order valence-corrected chi connectivity index (χ1v) is 2.91. The maximum absolute atomic E-state index is 7.15. The van der Waals surface area contributed by atoms with Crippen LogP contribution in [-0.2, 0) is 9.47 Å². The van der Waals surface area contributed by atoms with E-state index in [-0.39, 0.29) is 12.0 Å². The first kappa shape index (κ1) is 8.43. The lowest BCUT2D eigenvalue weighted by Gasteiger charge is -2.11. The Morgan fingerprint density at radius 3 is 2.22 bits per heavy atom. The molecule has 0 aliphatic carbocycles.